The molecule has 0 unspecified atom stereocenters. The molecule has 6 rings (SSSR count). The first-order valence-electron chi connectivity index (χ1n) is 15.9. The van der Waals surface area contributed by atoms with E-state index in [1.807, 2.05) is 6.07 Å². The summed E-state index contributed by atoms with van der Waals surface area (Å²) < 4.78 is 34.6. The average Bonchev–Trinajstić information content (AvgIpc) is 3.51. The Morgan fingerprint density at radius 2 is 1.59 bits per heavy atom. The molecule has 0 radical (unpaired) electrons. The average molecular weight is 782 g/mol. The van der Waals surface area contributed by atoms with Crippen molar-refractivity contribution >= 4 is 94.3 Å². The van der Waals surface area contributed by atoms with Crippen molar-refractivity contribution in [1.82, 2.24) is 24.5 Å². The number of methoxy groups -OCH3 is 1. The molecule has 17 heteroatoms. The number of nitrogens with one attached hydrogen (secondary N) is 4. The normalized spacial score (nSPS) is 16.6. The van der Waals surface area contributed by atoms with Crippen molar-refractivity contribution in [2.45, 2.75) is 50.1 Å². The van der Waals surface area contributed by atoms with Crippen molar-refractivity contribution < 1.29 is 13.2 Å². The second-order valence-corrected chi connectivity index (χ2v) is 14.0. The number of benzene rings is 2. The van der Waals surface area contributed by atoms with Crippen LogP contribution in [0.25, 0.3) is 0 Å². The number of anilines is 6. The predicted molar refractivity (Wildman–Crippen MR) is 209 cm³/mol. The maximum Gasteiger partial charge on any atom is 0.242 e. The van der Waals surface area contributed by atoms with Crippen LogP contribution in [0.5, 0.6) is 5.75 Å². The topological polar surface area (TPSA) is 127 Å². The van der Waals surface area contributed by atoms with E-state index in [0.29, 0.717) is 29.2 Å². The van der Waals surface area contributed by atoms with Crippen molar-refractivity contribution in [3.05, 3.63) is 48.0 Å². The van der Waals surface area contributed by atoms with Crippen molar-refractivity contribution in [3.63, 3.8) is 0 Å². The summed E-state index contributed by atoms with van der Waals surface area (Å²) in [6.45, 7) is 11.0. The molecule has 2 aromatic carbocycles. The lowest BCUT2D eigenvalue weighted by Gasteiger charge is -2.42. The minimum atomic E-state index is -3.73. The second kappa shape index (κ2) is 18.7. The fraction of sp³-hybridized carbons (Fsp3) is 0.500. The van der Waals surface area contributed by atoms with Crippen LogP contribution in [0.1, 0.15) is 32.3 Å². The lowest BCUT2D eigenvalue weighted by atomic mass is 10.0. The van der Waals surface area contributed by atoms with Gasteiger partial charge in [-0.3, -0.25) is 4.90 Å². The van der Waals surface area contributed by atoms with Gasteiger partial charge in [-0.1, -0.05) is 12.1 Å². The van der Waals surface area contributed by atoms with E-state index in [-0.39, 0.29) is 60.6 Å². The summed E-state index contributed by atoms with van der Waals surface area (Å²) in [4.78, 5) is 17.2. The summed E-state index contributed by atoms with van der Waals surface area (Å²) in [6.07, 6.45) is 3.05. The highest BCUT2D eigenvalue weighted by Crippen LogP contribution is 2.36. The highest BCUT2D eigenvalue weighted by atomic mass is 35.5. The van der Waals surface area contributed by atoms with E-state index in [1.54, 1.807) is 45.2 Å². The third-order valence-electron chi connectivity index (χ3n) is 8.81. The Morgan fingerprint density at radius 1 is 0.898 bits per heavy atom. The Bertz CT molecular complexity index is 1620. The van der Waals surface area contributed by atoms with Gasteiger partial charge in [0.15, 0.2) is 0 Å². The van der Waals surface area contributed by atoms with Crippen LogP contribution in [-0.2, 0) is 16.4 Å². The molecule has 4 N–H and O–H groups in total. The zero-order chi connectivity index (χ0) is 31.6. The largest absolute Gasteiger partial charge is 0.494 e. The number of hydrogen-bond donors (Lipinski definition) is 4. The number of aromatic nitrogens is 2. The molecule has 3 aromatic rings. The zero-order valence-corrected chi connectivity index (χ0v) is 32.4. The summed E-state index contributed by atoms with van der Waals surface area (Å²) in [5, 5.41) is 9.97. The summed E-state index contributed by atoms with van der Waals surface area (Å²) in [5.74, 6) is 2.36. The van der Waals surface area contributed by atoms with Gasteiger partial charge in [0.05, 0.1) is 18.5 Å². The molecule has 0 saturated carbocycles. The molecule has 0 spiro atoms. The third kappa shape index (κ3) is 10.1. The molecule has 0 bridgehead atoms. The van der Waals surface area contributed by atoms with Crippen molar-refractivity contribution in [1.29, 1.82) is 0 Å². The molecule has 2 fully saturated rings. The second-order valence-electron chi connectivity index (χ2n) is 12.4. The van der Waals surface area contributed by atoms with E-state index in [9.17, 15) is 8.42 Å². The number of nitrogens with zero attached hydrogens (tertiary/aromatic N) is 5. The fourth-order valence-corrected chi connectivity index (χ4v) is 7.83. The zero-order valence-electron chi connectivity index (χ0n) is 28.3. The van der Waals surface area contributed by atoms with Gasteiger partial charge in [0.1, 0.15) is 22.3 Å². The van der Waals surface area contributed by atoms with Crippen molar-refractivity contribution in [2.24, 2.45) is 0 Å². The molecule has 0 aliphatic carbocycles. The van der Waals surface area contributed by atoms with E-state index >= 15 is 0 Å². The molecule has 2 saturated heterocycles. The summed E-state index contributed by atoms with van der Waals surface area (Å²) >= 11 is 0. The van der Waals surface area contributed by atoms with Crippen molar-refractivity contribution in [2.75, 3.05) is 80.8 Å². The molecule has 49 heavy (non-hydrogen) atoms. The van der Waals surface area contributed by atoms with Crippen LogP contribution >= 0.6 is 49.6 Å². The maximum atomic E-state index is 13.1. The Labute approximate surface area is 315 Å². The number of likely N-dealkylation sites (N-methyl/N-ethyl adjacent to an activating group) is 1. The summed E-state index contributed by atoms with van der Waals surface area (Å²) in [6, 6.07) is 13.5. The van der Waals surface area contributed by atoms with E-state index in [4.69, 9.17) is 14.7 Å². The highest BCUT2D eigenvalue weighted by molar-refractivity contribution is 7.89. The Balaban J connectivity index is 0.00000208. The number of piperidine rings is 1. The van der Waals surface area contributed by atoms with Gasteiger partial charge in [-0.05, 0) is 64.4 Å². The number of rotatable bonds is 10. The first-order valence-corrected chi connectivity index (χ1v) is 17.3. The molecule has 0 atom stereocenters. The molecule has 4 heterocycles. The van der Waals surface area contributed by atoms with Gasteiger partial charge >= 0.3 is 0 Å². The molecular formula is C32H49Cl4N9O3S. The number of ether oxygens (including phenoxy) is 1. The van der Waals surface area contributed by atoms with E-state index in [2.05, 4.69) is 54.6 Å². The van der Waals surface area contributed by atoms with Crippen LogP contribution < -0.4 is 30.3 Å². The van der Waals surface area contributed by atoms with Gasteiger partial charge in [0.25, 0.3) is 0 Å². The maximum absolute atomic E-state index is 13.1. The molecule has 1 aromatic heterocycles. The van der Waals surface area contributed by atoms with Crippen LogP contribution in [0.4, 0.5) is 34.6 Å². The van der Waals surface area contributed by atoms with E-state index in [1.165, 1.54) is 0 Å². The minimum Gasteiger partial charge on any atom is -0.494 e. The van der Waals surface area contributed by atoms with Crippen molar-refractivity contribution in [3.8, 4) is 5.75 Å². The smallest absolute Gasteiger partial charge is 0.242 e. The van der Waals surface area contributed by atoms with Crippen LogP contribution in [-0.4, -0.2) is 100 Å². The van der Waals surface area contributed by atoms with Crippen LogP contribution in [0.2, 0.25) is 0 Å². The Kier molecular flexibility index (Phi) is 16.3. The fourth-order valence-electron chi connectivity index (χ4n) is 6.41. The Morgan fingerprint density at radius 3 is 2.27 bits per heavy atom. The Hall–Kier alpha value is -2.49. The van der Waals surface area contributed by atoms with Gasteiger partial charge in [0, 0.05) is 75.2 Å². The monoisotopic (exact) mass is 779 g/mol. The quantitative estimate of drug-likeness (QED) is 0.208. The van der Waals surface area contributed by atoms with Crippen LogP contribution in [0.15, 0.2) is 47.4 Å². The first-order chi connectivity index (χ1) is 21.7. The SMILES string of the molecule is COc1cc(N2CCC(N3CCN(C)CC3)CC2)ccc1Nc1nc2c(c(Nc3ccccc3S(=O)(=O)NC(C)C)n1)CCN2.Cl.Cl.Cl.Cl. The predicted octanol–water partition coefficient (Wildman–Crippen LogP) is 5.53. The number of piperazine rings is 1. The number of halogens is 4. The van der Waals surface area contributed by atoms with Gasteiger partial charge in [0.2, 0.25) is 16.0 Å². The highest BCUT2D eigenvalue weighted by Gasteiger charge is 2.28. The molecule has 12 nitrogen and oxygen atoms in total. The molecule has 274 valence electrons. The standard InChI is InChI=1S/C32H45N9O3S.4ClH/c1-22(2)38-45(42,43)29-8-6-5-7-27(29)34-31-25-11-14-33-30(25)36-32(37-31)35-26-10-9-24(21-28(26)44-4)40-15-12-23(13-16-40)41-19-17-39(3)18-20-41;;;;/h5-10,21-23,38H,11-20H2,1-4H3,(H3,33,34,35,36,37);4*1H. The number of fused-ring (bicyclic) bond motifs is 1. The molecule has 3 aliphatic rings. The number of sulfonamides is 1. The van der Waals surface area contributed by atoms with Crippen LogP contribution in [0, 0.1) is 0 Å². The number of hydrogen-bond acceptors (Lipinski definition) is 11. The lowest BCUT2D eigenvalue weighted by molar-refractivity contribution is 0.0982. The molecule has 3 aliphatic heterocycles. The van der Waals surface area contributed by atoms with Gasteiger partial charge in [-0.15, -0.1) is 49.6 Å². The molecular weight excluding hydrogens is 732 g/mol. The van der Waals surface area contributed by atoms with E-state index < -0.39 is 10.0 Å². The van der Waals surface area contributed by atoms with E-state index in [0.717, 1.165) is 87.8 Å². The first kappa shape index (κ1) is 42.7. The third-order valence-corrected chi connectivity index (χ3v) is 10.5. The van der Waals surface area contributed by atoms with Gasteiger partial charge in [-0.2, -0.15) is 9.97 Å². The lowest BCUT2D eigenvalue weighted by Crippen LogP contribution is -2.52. The van der Waals surface area contributed by atoms with Gasteiger partial charge in [-0.25, -0.2) is 13.1 Å². The summed E-state index contributed by atoms with van der Waals surface area (Å²) in [5.41, 5.74) is 3.25. The summed E-state index contributed by atoms with van der Waals surface area (Å²) in [7, 11) is 0.148. The van der Waals surface area contributed by atoms with Crippen LogP contribution in [0.3, 0.4) is 0 Å². The molecule has 0 amide bonds. The minimum absolute atomic E-state index is 0. The number of para-hydroxylation sites is 1. The van der Waals surface area contributed by atoms with Gasteiger partial charge < -0.3 is 30.5 Å².